The molecule has 0 aromatic heterocycles. The average molecular weight is 240 g/mol. The summed E-state index contributed by atoms with van der Waals surface area (Å²) >= 11 is 0. The van der Waals surface area contributed by atoms with Gasteiger partial charge < -0.3 is 14.2 Å². The van der Waals surface area contributed by atoms with E-state index >= 15 is 0 Å². The van der Waals surface area contributed by atoms with Crippen molar-refractivity contribution in [3.05, 3.63) is 0 Å². The maximum Gasteiger partial charge on any atom is 0.308 e. The standard InChI is InChI=1S/C13H20O4/c1-15-12(14)7-9-4-5-11-13(17-9)6-2-3-10(8-13)16-11/h9-11H,2-8H2,1H3/t9?,10?,11-,13?/m0/s1. The first kappa shape index (κ1) is 11.5. The number of methoxy groups -OCH3 is 1. The summed E-state index contributed by atoms with van der Waals surface area (Å²) in [6.07, 6.45) is 7.48. The molecule has 0 radical (unpaired) electrons. The lowest BCUT2D eigenvalue weighted by atomic mass is 9.78. The zero-order valence-corrected chi connectivity index (χ0v) is 10.3. The van der Waals surface area contributed by atoms with Crippen LogP contribution in [0, 0.1) is 0 Å². The van der Waals surface area contributed by atoms with E-state index in [1.54, 1.807) is 0 Å². The molecule has 0 aromatic carbocycles. The third-order valence-corrected chi connectivity index (χ3v) is 4.42. The lowest BCUT2D eigenvalue weighted by Crippen LogP contribution is -2.49. The molecule has 0 aromatic rings. The largest absolute Gasteiger partial charge is 0.469 e. The van der Waals surface area contributed by atoms with E-state index in [0.717, 1.165) is 25.7 Å². The van der Waals surface area contributed by atoms with Crippen LogP contribution in [-0.2, 0) is 19.0 Å². The molecule has 2 saturated heterocycles. The highest BCUT2D eigenvalue weighted by Crippen LogP contribution is 2.49. The second-order valence-corrected chi connectivity index (χ2v) is 5.51. The van der Waals surface area contributed by atoms with E-state index < -0.39 is 0 Å². The predicted molar refractivity (Wildman–Crippen MR) is 60.6 cm³/mol. The molecule has 4 heteroatoms. The monoisotopic (exact) mass is 240 g/mol. The molecule has 0 N–H and O–H groups in total. The van der Waals surface area contributed by atoms with Crippen LogP contribution in [0.2, 0.25) is 0 Å². The van der Waals surface area contributed by atoms with Gasteiger partial charge >= 0.3 is 5.97 Å². The van der Waals surface area contributed by atoms with Crippen molar-refractivity contribution in [2.75, 3.05) is 7.11 Å². The average Bonchev–Trinajstić information content (AvgIpc) is 2.58. The Kier molecular flexibility index (Phi) is 2.87. The predicted octanol–water partition coefficient (Wildman–Crippen LogP) is 1.81. The smallest absolute Gasteiger partial charge is 0.308 e. The molecule has 4 nitrogen and oxygen atoms in total. The van der Waals surface area contributed by atoms with E-state index in [0.29, 0.717) is 12.5 Å². The maximum atomic E-state index is 11.3. The number of ether oxygens (including phenoxy) is 3. The van der Waals surface area contributed by atoms with E-state index in [1.807, 2.05) is 0 Å². The molecule has 2 bridgehead atoms. The van der Waals surface area contributed by atoms with Gasteiger partial charge in [0.1, 0.15) is 0 Å². The van der Waals surface area contributed by atoms with Crippen LogP contribution in [0.1, 0.15) is 44.9 Å². The number of hydrogen-bond acceptors (Lipinski definition) is 4. The minimum Gasteiger partial charge on any atom is -0.469 e. The molecule has 1 spiro atoms. The SMILES string of the molecule is COC(=O)CC1CC[C@@H]2OC3CCCC2(C3)O1. The molecule has 4 atom stereocenters. The zero-order chi connectivity index (χ0) is 11.9. The highest BCUT2D eigenvalue weighted by molar-refractivity contribution is 5.69. The number of hydrogen-bond donors (Lipinski definition) is 0. The van der Waals surface area contributed by atoms with Gasteiger partial charge in [-0.2, -0.15) is 0 Å². The third kappa shape index (κ3) is 1.97. The molecule has 3 unspecified atom stereocenters. The van der Waals surface area contributed by atoms with Crippen LogP contribution in [0.5, 0.6) is 0 Å². The van der Waals surface area contributed by atoms with Gasteiger partial charge in [0, 0.05) is 6.42 Å². The normalized spacial score (nSPS) is 44.2. The van der Waals surface area contributed by atoms with E-state index in [9.17, 15) is 4.79 Å². The number of carbonyl (C=O) groups is 1. The molecule has 3 fully saturated rings. The summed E-state index contributed by atoms with van der Waals surface area (Å²) in [4.78, 5) is 11.3. The van der Waals surface area contributed by atoms with Crippen LogP contribution < -0.4 is 0 Å². The van der Waals surface area contributed by atoms with Gasteiger partial charge in [0.15, 0.2) is 0 Å². The van der Waals surface area contributed by atoms with Gasteiger partial charge in [0.2, 0.25) is 0 Å². The molecule has 1 saturated carbocycles. The van der Waals surface area contributed by atoms with E-state index in [1.165, 1.54) is 20.0 Å². The highest BCUT2D eigenvalue weighted by Gasteiger charge is 2.54. The fraction of sp³-hybridized carbons (Fsp3) is 0.923. The van der Waals surface area contributed by atoms with Crippen molar-refractivity contribution in [3.8, 4) is 0 Å². The van der Waals surface area contributed by atoms with Crippen LogP contribution in [0.3, 0.4) is 0 Å². The Balaban J connectivity index is 1.68. The lowest BCUT2D eigenvalue weighted by molar-refractivity contribution is -0.175. The van der Waals surface area contributed by atoms with E-state index in [4.69, 9.17) is 14.2 Å². The van der Waals surface area contributed by atoms with E-state index in [-0.39, 0.29) is 23.8 Å². The Morgan fingerprint density at radius 3 is 3.12 bits per heavy atom. The van der Waals surface area contributed by atoms with Gasteiger partial charge in [-0.15, -0.1) is 0 Å². The molecule has 3 rings (SSSR count). The lowest BCUT2D eigenvalue weighted by Gasteiger charge is -2.42. The van der Waals surface area contributed by atoms with Gasteiger partial charge in [0.25, 0.3) is 0 Å². The first-order chi connectivity index (χ1) is 8.22. The number of rotatable bonds is 2. The summed E-state index contributed by atoms with van der Waals surface area (Å²) in [5, 5.41) is 0. The Hall–Kier alpha value is -0.610. The summed E-state index contributed by atoms with van der Waals surface area (Å²) in [5.74, 6) is -0.170. The Labute approximate surface area is 102 Å². The molecular formula is C13H20O4. The first-order valence-electron chi connectivity index (χ1n) is 6.62. The van der Waals surface area contributed by atoms with Crippen molar-refractivity contribution in [1.82, 2.24) is 0 Å². The van der Waals surface area contributed by atoms with Crippen molar-refractivity contribution in [2.24, 2.45) is 0 Å². The minimum atomic E-state index is -0.170. The van der Waals surface area contributed by atoms with Gasteiger partial charge in [-0.3, -0.25) is 4.79 Å². The fourth-order valence-corrected chi connectivity index (χ4v) is 3.64. The van der Waals surface area contributed by atoms with Crippen molar-refractivity contribution in [3.63, 3.8) is 0 Å². The summed E-state index contributed by atoms with van der Waals surface area (Å²) in [7, 11) is 1.43. The molecule has 96 valence electrons. The summed E-state index contributed by atoms with van der Waals surface area (Å²) in [6.45, 7) is 0. The van der Waals surface area contributed by atoms with Gasteiger partial charge in [-0.1, -0.05) is 0 Å². The number of esters is 1. The molecule has 17 heavy (non-hydrogen) atoms. The molecular weight excluding hydrogens is 220 g/mol. The summed E-state index contributed by atoms with van der Waals surface area (Å²) < 4.78 is 16.9. The topological polar surface area (TPSA) is 44.8 Å². The number of carbonyl (C=O) groups excluding carboxylic acids is 1. The van der Waals surface area contributed by atoms with Crippen LogP contribution in [0.15, 0.2) is 0 Å². The van der Waals surface area contributed by atoms with Crippen LogP contribution in [0.25, 0.3) is 0 Å². The third-order valence-electron chi connectivity index (χ3n) is 4.42. The second-order valence-electron chi connectivity index (χ2n) is 5.51. The van der Waals surface area contributed by atoms with Gasteiger partial charge in [-0.25, -0.2) is 0 Å². The quantitative estimate of drug-likeness (QED) is 0.690. The summed E-state index contributed by atoms with van der Waals surface area (Å²) in [5.41, 5.74) is -0.0835. The van der Waals surface area contributed by atoms with Crippen LogP contribution in [-0.4, -0.2) is 37.0 Å². The zero-order valence-electron chi connectivity index (χ0n) is 10.3. The minimum absolute atomic E-state index is 0.0270. The van der Waals surface area contributed by atoms with Crippen molar-refractivity contribution in [2.45, 2.75) is 68.9 Å². The Morgan fingerprint density at radius 1 is 1.41 bits per heavy atom. The van der Waals surface area contributed by atoms with Crippen LogP contribution in [0.4, 0.5) is 0 Å². The van der Waals surface area contributed by atoms with Crippen molar-refractivity contribution in [1.29, 1.82) is 0 Å². The fourth-order valence-electron chi connectivity index (χ4n) is 3.64. The molecule has 1 aliphatic carbocycles. The summed E-state index contributed by atoms with van der Waals surface area (Å²) in [6, 6.07) is 0. The highest BCUT2D eigenvalue weighted by atomic mass is 16.6. The van der Waals surface area contributed by atoms with Crippen molar-refractivity contribution < 1.29 is 19.0 Å². The van der Waals surface area contributed by atoms with Gasteiger partial charge in [-0.05, 0) is 32.1 Å². The van der Waals surface area contributed by atoms with Gasteiger partial charge in [0.05, 0.1) is 37.4 Å². The molecule has 0 amide bonds. The number of fused-ring (bicyclic) bond motifs is 1. The van der Waals surface area contributed by atoms with E-state index in [2.05, 4.69) is 0 Å². The Bertz CT molecular complexity index is 317. The second kappa shape index (κ2) is 4.25. The molecule has 3 aliphatic rings. The first-order valence-corrected chi connectivity index (χ1v) is 6.62. The Morgan fingerprint density at radius 2 is 2.29 bits per heavy atom. The van der Waals surface area contributed by atoms with Crippen molar-refractivity contribution >= 4 is 5.97 Å². The molecule has 2 aliphatic heterocycles. The maximum absolute atomic E-state index is 11.3. The van der Waals surface area contributed by atoms with Crippen LogP contribution >= 0.6 is 0 Å². The molecule has 2 heterocycles.